The summed E-state index contributed by atoms with van der Waals surface area (Å²) in [6.07, 6.45) is 1.83. The molecule has 0 saturated carbocycles. The molecule has 1 N–H and O–H groups in total. The van der Waals surface area contributed by atoms with E-state index in [4.69, 9.17) is 4.74 Å². The number of nitrogens with zero attached hydrogens (tertiary/aromatic N) is 3. The second kappa shape index (κ2) is 6.40. The zero-order chi connectivity index (χ0) is 13.7. The normalized spacial score (nSPS) is 10.9. The third-order valence-corrected chi connectivity index (χ3v) is 2.74. The van der Waals surface area contributed by atoms with Crippen LogP contribution in [0.3, 0.4) is 0 Å². The fourth-order valence-corrected chi connectivity index (χ4v) is 1.76. The van der Waals surface area contributed by atoms with Crippen molar-refractivity contribution in [1.29, 1.82) is 0 Å². The van der Waals surface area contributed by atoms with E-state index in [0.29, 0.717) is 13.2 Å². The zero-order valence-corrected chi connectivity index (χ0v) is 11.1. The summed E-state index contributed by atoms with van der Waals surface area (Å²) >= 11 is 0. The molecule has 1 aromatic carbocycles. The van der Waals surface area contributed by atoms with Gasteiger partial charge in [0.05, 0.1) is 24.2 Å². The van der Waals surface area contributed by atoms with Gasteiger partial charge >= 0.3 is 0 Å². The van der Waals surface area contributed by atoms with Gasteiger partial charge in [-0.1, -0.05) is 5.21 Å². The Labute approximate surface area is 111 Å². The average molecular weight is 264 g/mol. The first-order valence-corrected chi connectivity index (χ1v) is 6.08. The van der Waals surface area contributed by atoms with Gasteiger partial charge in [-0.15, -0.1) is 5.10 Å². The van der Waals surface area contributed by atoms with Gasteiger partial charge in [0, 0.05) is 20.2 Å². The molecule has 0 aliphatic rings. The lowest BCUT2D eigenvalue weighted by Gasteiger charge is -2.04. The van der Waals surface area contributed by atoms with Crippen LogP contribution in [0.25, 0.3) is 5.69 Å². The van der Waals surface area contributed by atoms with Gasteiger partial charge in [-0.3, -0.25) is 0 Å². The highest BCUT2D eigenvalue weighted by Crippen LogP contribution is 2.14. The molecule has 0 atom stereocenters. The standard InChI is InChI=1S/C13H17FN4O/c1-10-7-11(14)3-4-13(10)18-9-12(16-17-18)8-15-5-6-19-2/h3-4,7,9,15H,5-6,8H2,1-2H3. The van der Waals surface area contributed by atoms with E-state index in [1.807, 2.05) is 13.1 Å². The maximum Gasteiger partial charge on any atom is 0.123 e. The molecule has 102 valence electrons. The third-order valence-electron chi connectivity index (χ3n) is 2.74. The zero-order valence-electron chi connectivity index (χ0n) is 11.1. The number of hydrogen-bond donors (Lipinski definition) is 1. The Kier molecular flexibility index (Phi) is 4.59. The SMILES string of the molecule is COCCNCc1cn(-c2ccc(F)cc2C)nn1. The predicted molar refractivity (Wildman–Crippen MR) is 69.6 cm³/mol. The number of ether oxygens (including phenoxy) is 1. The van der Waals surface area contributed by atoms with Crippen LogP contribution in [-0.4, -0.2) is 35.3 Å². The fourth-order valence-electron chi connectivity index (χ4n) is 1.76. The first kappa shape index (κ1) is 13.6. The Morgan fingerprint density at radius 3 is 3.00 bits per heavy atom. The van der Waals surface area contributed by atoms with E-state index in [9.17, 15) is 4.39 Å². The number of halogens is 1. The van der Waals surface area contributed by atoms with Crippen LogP contribution >= 0.6 is 0 Å². The lowest BCUT2D eigenvalue weighted by Crippen LogP contribution is -2.18. The first-order chi connectivity index (χ1) is 9.20. The minimum Gasteiger partial charge on any atom is -0.383 e. The Morgan fingerprint density at radius 2 is 2.26 bits per heavy atom. The van der Waals surface area contributed by atoms with Crippen molar-refractivity contribution in [2.45, 2.75) is 13.5 Å². The van der Waals surface area contributed by atoms with Crippen molar-refractivity contribution in [3.8, 4) is 5.69 Å². The van der Waals surface area contributed by atoms with Gasteiger partial charge in [0.15, 0.2) is 0 Å². The Balaban J connectivity index is 2.04. The molecule has 19 heavy (non-hydrogen) atoms. The molecular weight excluding hydrogens is 247 g/mol. The molecule has 2 rings (SSSR count). The van der Waals surface area contributed by atoms with E-state index in [1.165, 1.54) is 12.1 Å². The number of nitrogens with one attached hydrogen (secondary N) is 1. The van der Waals surface area contributed by atoms with Crippen molar-refractivity contribution in [3.63, 3.8) is 0 Å². The van der Waals surface area contributed by atoms with Crippen molar-refractivity contribution in [1.82, 2.24) is 20.3 Å². The second-order valence-corrected chi connectivity index (χ2v) is 4.25. The summed E-state index contributed by atoms with van der Waals surface area (Å²) in [7, 11) is 1.66. The van der Waals surface area contributed by atoms with Crippen LogP contribution in [0.1, 0.15) is 11.3 Å². The molecular formula is C13H17FN4O. The van der Waals surface area contributed by atoms with Crippen LogP contribution in [0.5, 0.6) is 0 Å². The largest absolute Gasteiger partial charge is 0.383 e. The Bertz CT molecular complexity index is 541. The summed E-state index contributed by atoms with van der Waals surface area (Å²) in [5.41, 5.74) is 2.49. The van der Waals surface area contributed by atoms with Crippen LogP contribution in [0.2, 0.25) is 0 Å². The van der Waals surface area contributed by atoms with E-state index in [0.717, 1.165) is 23.5 Å². The molecule has 6 heteroatoms. The second-order valence-electron chi connectivity index (χ2n) is 4.25. The van der Waals surface area contributed by atoms with Crippen molar-refractivity contribution in [2.24, 2.45) is 0 Å². The molecule has 0 bridgehead atoms. The molecule has 0 aliphatic heterocycles. The summed E-state index contributed by atoms with van der Waals surface area (Å²) in [6.45, 7) is 3.89. The lowest BCUT2D eigenvalue weighted by atomic mass is 10.2. The highest BCUT2D eigenvalue weighted by atomic mass is 19.1. The van der Waals surface area contributed by atoms with E-state index < -0.39 is 0 Å². The van der Waals surface area contributed by atoms with E-state index >= 15 is 0 Å². The molecule has 2 aromatic rings. The molecule has 5 nitrogen and oxygen atoms in total. The van der Waals surface area contributed by atoms with Crippen LogP contribution in [0, 0.1) is 12.7 Å². The molecule has 0 aliphatic carbocycles. The maximum absolute atomic E-state index is 13.0. The highest BCUT2D eigenvalue weighted by Gasteiger charge is 2.06. The molecule has 1 heterocycles. The quantitative estimate of drug-likeness (QED) is 0.802. The minimum absolute atomic E-state index is 0.247. The van der Waals surface area contributed by atoms with Crippen molar-refractivity contribution in [3.05, 3.63) is 41.5 Å². The van der Waals surface area contributed by atoms with E-state index in [1.54, 1.807) is 17.9 Å². The van der Waals surface area contributed by atoms with Crippen molar-refractivity contribution in [2.75, 3.05) is 20.3 Å². The van der Waals surface area contributed by atoms with Crippen LogP contribution in [-0.2, 0) is 11.3 Å². The number of aromatic nitrogens is 3. The average Bonchev–Trinajstić information content (AvgIpc) is 2.83. The molecule has 1 aromatic heterocycles. The molecule has 0 amide bonds. The van der Waals surface area contributed by atoms with Crippen molar-refractivity contribution < 1.29 is 9.13 Å². The Hall–Kier alpha value is -1.79. The number of hydrogen-bond acceptors (Lipinski definition) is 4. The smallest absolute Gasteiger partial charge is 0.123 e. The van der Waals surface area contributed by atoms with Gasteiger partial charge in [0.2, 0.25) is 0 Å². The summed E-state index contributed by atoms with van der Waals surface area (Å²) in [6, 6.07) is 4.59. The highest BCUT2D eigenvalue weighted by molar-refractivity contribution is 5.39. The third kappa shape index (κ3) is 3.59. The van der Waals surface area contributed by atoms with Gasteiger partial charge in [-0.05, 0) is 30.7 Å². The molecule has 0 unspecified atom stereocenters. The maximum atomic E-state index is 13.0. The summed E-state index contributed by atoms with van der Waals surface area (Å²) < 4.78 is 19.6. The lowest BCUT2D eigenvalue weighted by molar-refractivity contribution is 0.199. The Morgan fingerprint density at radius 1 is 1.42 bits per heavy atom. The van der Waals surface area contributed by atoms with E-state index in [2.05, 4.69) is 15.6 Å². The molecule has 0 saturated heterocycles. The fraction of sp³-hybridized carbons (Fsp3) is 0.385. The predicted octanol–water partition coefficient (Wildman–Crippen LogP) is 1.45. The summed E-state index contributed by atoms with van der Waals surface area (Å²) in [5, 5.41) is 11.3. The number of methoxy groups -OCH3 is 1. The number of rotatable bonds is 6. The molecule has 0 fully saturated rings. The first-order valence-electron chi connectivity index (χ1n) is 6.08. The monoisotopic (exact) mass is 264 g/mol. The molecule has 0 spiro atoms. The van der Waals surface area contributed by atoms with Gasteiger partial charge < -0.3 is 10.1 Å². The van der Waals surface area contributed by atoms with E-state index in [-0.39, 0.29) is 5.82 Å². The van der Waals surface area contributed by atoms with Crippen LogP contribution in [0.15, 0.2) is 24.4 Å². The van der Waals surface area contributed by atoms with Crippen LogP contribution < -0.4 is 5.32 Å². The summed E-state index contributed by atoms with van der Waals surface area (Å²) in [5.74, 6) is -0.247. The topological polar surface area (TPSA) is 52.0 Å². The van der Waals surface area contributed by atoms with Gasteiger partial charge in [0.1, 0.15) is 5.82 Å². The minimum atomic E-state index is -0.247. The number of benzene rings is 1. The van der Waals surface area contributed by atoms with Crippen LogP contribution in [0.4, 0.5) is 4.39 Å². The molecule has 0 radical (unpaired) electrons. The van der Waals surface area contributed by atoms with Gasteiger partial charge in [0.25, 0.3) is 0 Å². The van der Waals surface area contributed by atoms with Gasteiger partial charge in [-0.25, -0.2) is 9.07 Å². The number of aryl methyl sites for hydroxylation is 1. The summed E-state index contributed by atoms with van der Waals surface area (Å²) in [4.78, 5) is 0. The van der Waals surface area contributed by atoms with Crippen molar-refractivity contribution >= 4 is 0 Å². The van der Waals surface area contributed by atoms with Gasteiger partial charge in [-0.2, -0.15) is 0 Å².